The van der Waals surface area contributed by atoms with Crippen LogP contribution >= 0.6 is 0 Å². The molecule has 2 fully saturated rings. The van der Waals surface area contributed by atoms with Crippen molar-refractivity contribution >= 4 is 11.7 Å². The lowest BCUT2D eigenvalue weighted by molar-refractivity contribution is -0.136. The Morgan fingerprint density at radius 2 is 1.78 bits per heavy atom. The van der Waals surface area contributed by atoms with E-state index in [2.05, 4.69) is 0 Å². The van der Waals surface area contributed by atoms with Crippen LogP contribution in [0.1, 0.15) is 49.4 Å². The van der Waals surface area contributed by atoms with Crippen LogP contribution in [0.15, 0.2) is 24.3 Å². The number of carbonyl (C=O) groups excluding carboxylic acids is 2. The van der Waals surface area contributed by atoms with Crippen LogP contribution in [0.5, 0.6) is 5.75 Å². The molecule has 1 amide bonds. The molecule has 2 aliphatic rings. The van der Waals surface area contributed by atoms with E-state index in [1.54, 1.807) is 24.3 Å². The van der Waals surface area contributed by atoms with Crippen LogP contribution in [0.4, 0.5) is 0 Å². The Morgan fingerprint density at radius 3 is 2.48 bits per heavy atom. The first-order valence-electron chi connectivity index (χ1n) is 8.65. The monoisotopic (exact) mass is 315 g/mol. The number of hydrogen-bond donors (Lipinski definition) is 0. The first-order chi connectivity index (χ1) is 11.1. The first kappa shape index (κ1) is 16.0. The van der Waals surface area contributed by atoms with Gasteiger partial charge in [0, 0.05) is 18.7 Å². The molecule has 4 heteroatoms. The summed E-state index contributed by atoms with van der Waals surface area (Å²) in [7, 11) is 0. The van der Waals surface area contributed by atoms with E-state index in [0.29, 0.717) is 17.2 Å². The lowest BCUT2D eigenvalue weighted by atomic mass is 9.75. The molecule has 0 N–H and O–H groups in total. The van der Waals surface area contributed by atoms with E-state index in [4.69, 9.17) is 4.74 Å². The summed E-state index contributed by atoms with van der Waals surface area (Å²) in [6.07, 6.45) is 6.41. The molecule has 0 bridgehead atoms. The zero-order valence-electron chi connectivity index (χ0n) is 13.8. The molecule has 3 rings (SSSR count). The Morgan fingerprint density at radius 1 is 1.09 bits per heavy atom. The molecule has 1 saturated carbocycles. The van der Waals surface area contributed by atoms with Crippen LogP contribution < -0.4 is 4.74 Å². The normalized spacial score (nSPS) is 24.0. The minimum Gasteiger partial charge on any atom is -0.484 e. The lowest BCUT2D eigenvalue weighted by Crippen LogP contribution is -2.46. The van der Waals surface area contributed by atoms with E-state index in [-0.39, 0.29) is 18.3 Å². The molecule has 1 heterocycles. The molecular weight excluding hydrogens is 290 g/mol. The fourth-order valence-corrected chi connectivity index (χ4v) is 3.85. The van der Waals surface area contributed by atoms with Crippen LogP contribution in [0.3, 0.4) is 0 Å². The number of carbonyl (C=O) groups is 2. The lowest BCUT2D eigenvalue weighted by Gasteiger charge is -2.41. The van der Waals surface area contributed by atoms with E-state index in [9.17, 15) is 9.59 Å². The third-order valence-electron chi connectivity index (χ3n) is 5.27. The fraction of sp³-hybridized carbons (Fsp3) is 0.579. The number of Topliss-reactive ketones (excluding diaryl/α,β-unsaturated/α-hetero) is 1. The Bertz CT molecular complexity index is 566. The van der Waals surface area contributed by atoms with E-state index < -0.39 is 0 Å². The van der Waals surface area contributed by atoms with Crippen molar-refractivity contribution in [3.05, 3.63) is 29.8 Å². The molecule has 23 heavy (non-hydrogen) atoms. The summed E-state index contributed by atoms with van der Waals surface area (Å²) in [4.78, 5) is 25.6. The Hall–Kier alpha value is -1.84. The number of rotatable bonds is 4. The molecular formula is C19H25NO3. The zero-order valence-corrected chi connectivity index (χ0v) is 13.8. The van der Waals surface area contributed by atoms with Crippen LogP contribution in [-0.2, 0) is 4.79 Å². The molecule has 124 valence electrons. The first-order valence-corrected chi connectivity index (χ1v) is 8.65. The molecule has 0 aromatic heterocycles. The van der Waals surface area contributed by atoms with Gasteiger partial charge in [0.05, 0.1) is 0 Å². The highest BCUT2D eigenvalue weighted by atomic mass is 16.5. The quantitative estimate of drug-likeness (QED) is 0.801. The fourth-order valence-electron chi connectivity index (χ4n) is 3.85. The van der Waals surface area contributed by atoms with Crippen molar-refractivity contribution in [2.75, 3.05) is 19.7 Å². The molecule has 1 aliphatic heterocycles. The topological polar surface area (TPSA) is 46.6 Å². The largest absolute Gasteiger partial charge is 0.484 e. The maximum Gasteiger partial charge on any atom is 0.260 e. The number of hydrogen-bond acceptors (Lipinski definition) is 3. The van der Waals surface area contributed by atoms with Gasteiger partial charge in [-0.05, 0) is 55.9 Å². The number of nitrogens with zero attached hydrogens (tertiary/aromatic N) is 1. The Kier molecular flexibility index (Phi) is 4.99. The highest BCUT2D eigenvalue weighted by Gasteiger charge is 2.32. The summed E-state index contributed by atoms with van der Waals surface area (Å²) in [5.74, 6) is 2.26. The van der Waals surface area contributed by atoms with E-state index >= 15 is 0 Å². The third-order valence-corrected chi connectivity index (χ3v) is 5.27. The van der Waals surface area contributed by atoms with Gasteiger partial charge in [-0.1, -0.05) is 19.3 Å². The van der Waals surface area contributed by atoms with Gasteiger partial charge in [-0.15, -0.1) is 0 Å². The number of amides is 1. The Labute approximate surface area is 137 Å². The average molecular weight is 315 g/mol. The minimum absolute atomic E-state index is 0.0305. The molecule has 0 radical (unpaired) electrons. The maximum absolute atomic E-state index is 12.4. The molecule has 1 aromatic rings. The summed E-state index contributed by atoms with van der Waals surface area (Å²) in [5.41, 5.74) is 0.656. The van der Waals surface area contributed by atoms with Gasteiger partial charge in [0.2, 0.25) is 0 Å². The van der Waals surface area contributed by atoms with Crippen molar-refractivity contribution in [3.8, 4) is 5.75 Å². The molecule has 0 spiro atoms. The summed E-state index contributed by atoms with van der Waals surface area (Å²) in [5, 5.41) is 0. The number of fused-ring (bicyclic) bond motifs is 1. The van der Waals surface area contributed by atoms with Crippen LogP contribution in [0.2, 0.25) is 0 Å². The van der Waals surface area contributed by atoms with Gasteiger partial charge < -0.3 is 9.64 Å². The van der Waals surface area contributed by atoms with Gasteiger partial charge in [-0.2, -0.15) is 0 Å². The number of ether oxygens (including phenoxy) is 1. The molecule has 1 aromatic carbocycles. The molecule has 1 saturated heterocycles. The SMILES string of the molecule is CC(=O)c1ccc(OCC(=O)N2CC[C@H]3CCCC[C@H]3C2)cc1. The summed E-state index contributed by atoms with van der Waals surface area (Å²) < 4.78 is 5.59. The second kappa shape index (κ2) is 7.16. The van der Waals surface area contributed by atoms with Crippen molar-refractivity contribution in [1.29, 1.82) is 0 Å². The zero-order chi connectivity index (χ0) is 16.2. The van der Waals surface area contributed by atoms with Gasteiger partial charge in [-0.3, -0.25) is 9.59 Å². The standard InChI is InChI=1S/C19H25NO3/c1-14(21)15-6-8-18(9-7-15)23-13-19(22)20-11-10-16-4-2-3-5-17(16)12-20/h6-9,16-17H,2-5,10-13H2,1H3/t16-,17+/m1/s1. The second-order valence-electron chi connectivity index (χ2n) is 6.80. The number of benzene rings is 1. The Balaban J connectivity index is 1.50. The summed E-state index contributed by atoms with van der Waals surface area (Å²) >= 11 is 0. The van der Waals surface area contributed by atoms with Gasteiger partial charge in [0.1, 0.15) is 5.75 Å². The van der Waals surface area contributed by atoms with Crippen molar-refractivity contribution < 1.29 is 14.3 Å². The number of piperidine rings is 1. The van der Waals surface area contributed by atoms with Crippen molar-refractivity contribution in [2.24, 2.45) is 11.8 Å². The van der Waals surface area contributed by atoms with E-state index in [1.165, 1.54) is 32.6 Å². The second-order valence-corrected chi connectivity index (χ2v) is 6.80. The van der Waals surface area contributed by atoms with Crippen molar-refractivity contribution in [2.45, 2.75) is 39.0 Å². The van der Waals surface area contributed by atoms with Crippen molar-refractivity contribution in [3.63, 3.8) is 0 Å². The van der Waals surface area contributed by atoms with Gasteiger partial charge in [-0.25, -0.2) is 0 Å². The highest BCUT2D eigenvalue weighted by molar-refractivity contribution is 5.94. The molecule has 4 nitrogen and oxygen atoms in total. The van der Waals surface area contributed by atoms with E-state index in [1.807, 2.05) is 4.90 Å². The van der Waals surface area contributed by atoms with Crippen LogP contribution in [-0.4, -0.2) is 36.3 Å². The molecule has 1 aliphatic carbocycles. The minimum atomic E-state index is 0.0305. The van der Waals surface area contributed by atoms with Gasteiger partial charge >= 0.3 is 0 Å². The van der Waals surface area contributed by atoms with E-state index in [0.717, 1.165) is 25.4 Å². The smallest absolute Gasteiger partial charge is 0.260 e. The maximum atomic E-state index is 12.4. The summed E-state index contributed by atoms with van der Waals surface area (Å²) in [6, 6.07) is 6.96. The van der Waals surface area contributed by atoms with Crippen LogP contribution in [0.25, 0.3) is 0 Å². The van der Waals surface area contributed by atoms with Gasteiger partial charge in [0.25, 0.3) is 5.91 Å². The van der Waals surface area contributed by atoms with Crippen LogP contribution in [0, 0.1) is 11.8 Å². The van der Waals surface area contributed by atoms with Gasteiger partial charge in [0.15, 0.2) is 12.4 Å². The molecule has 0 unspecified atom stereocenters. The van der Waals surface area contributed by atoms with Crippen molar-refractivity contribution in [1.82, 2.24) is 4.90 Å². The highest BCUT2D eigenvalue weighted by Crippen LogP contribution is 2.36. The average Bonchev–Trinajstić information content (AvgIpc) is 2.59. The third kappa shape index (κ3) is 3.92. The number of ketones is 1. The predicted octanol–water partition coefficient (Wildman–Crippen LogP) is 3.31. The molecule has 2 atom stereocenters. The number of likely N-dealkylation sites (tertiary alicyclic amines) is 1. The summed E-state index contributed by atoms with van der Waals surface area (Å²) in [6.45, 7) is 3.38. The predicted molar refractivity (Wildman–Crippen MR) is 88.6 cm³/mol.